The number of rotatable bonds is 1. The lowest BCUT2D eigenvalue weighted by Gasteiger charge is -1.94. The molecule has 0 aliphatic heterocycles. The highest BCUT2D eigenvalue weighted by atomic mass is 35.5. The van der Waals surface area contributed by atoms with Crippen molar-refractivity contribution in [2.75, 3.05) is 0 Å². The van der Waals surface area contributed by atoms with Crippen molar-refractivity contribution < 1.29 is 4.39 Å². The van der Waals surface area contributed by atoms with Crippen LogP contribution in [0, 0.1) is 5.82 Å². The molecule has 0 N–H and O–H groups in total. The Morgan fingerprint density at radius 2 is 2.20 bits per heavy atom. The van der Waals surface area contributed by atoms with Gasteiger partial charge < -0.3 is 0 Å². The summed E-state index contributed by atoms with van der Waals surface area (Å²) in [7, 11) is 0. The van der Waals surface area contributed by atoms with E-state index < -0.39 is 0 Å². The Hall–Kier alpha value is -0.820. The van der Waals surface area contributed by atoms with Gasteiger partial charge in [-0.1, -0.05) is 30.3 Å². The molecule has 10 heavy (non-hydrogen) atoms. The summed E-state index contributed by atoms with van der Waals surface area (Å²) < 4.78 is 12.7. The molecule has 0 spiro atoms. The second kappa shape index (κ2) is 2.84. The Labute approximate surface area is 63.9 Å². The van der Waals surface area contributed by atoms with Gasteiger partial charge >= 0.3 is 0 Å². The fraction of sp³-hybridized carbons (Fsp3) is 0. The SMILES string of the molecule is C=Cc1ccc(Cl)cc1F. The summed E-state index contributed by atoms with van der Waals surface area (Å²) in [6, 6.07) is 4.48. The van der Waals surface area contributed by atoms with Crippen molar-refractivity contribution in [2.45, 2.75) is 0 Å². The molecular formula is C8H6ClF. The maximum atomic E-state index is 12.7. The quantitative estimate of drug-likeness (QED) is 0.586. The summed E-state index contributed by atoms with van der Waals surface area (Å²) in [4.78, 5) is 0. The van der Waals surface area contributed by atoms with Gasteiger partial charge in [0.1, 0.15) is 5.82 Å². The minimum atomic E-state index is -0.331. The van der Waals surface area contributed by atoms with Crippen LogP contribution in [0.5, 0.6) is 0 Å². The largest absolute Gasteiger partial charge is 0.206 e. The van der Waals surface area contributed by atoms with Crippen LogP contribution in [0.3, 0.4) is 0 Å². The van der Waals surface area contributed by atoms with Crippen LogP contribution in [0.2, 0.25) is 5.02 Å². The van der Waals surface area contributed by atoms with Crippen molar-refractivity contribution in [1.82, 2.24) is 0 Å². The van der Waals surface area contributed by atoms with Crippen molar-refractivity contribution in [3.05, 3.63) is 41.2 Å². The van der Waals surface area contributed by atoms with E-state index in [1.54, 1.807) is 12.1 Å². The molecule has 0 saturated heterocycles. The highest BCUT2D eigenvalue weighted by Gasteiger charge is 1.96. The maximum absolute atomic E-state index is 12.7. The molecule has 0 radical (unpaired) electrons. The minimum absolute atomic E-state index is 0.331. The molecule has 1 rings (SSSR count). The molecule has 1 aromatic rings. The summed E-state index contributed by atoms with van der Waals surface area (Å²) in [5.74, 6) is -0.331. The highest BCUT2D eigenvalue weighted by molar-refractivity contribution is 6.30. The van der Waals surface area contributed by atoms with Gasteiger partial charge in [-0.05, 0) is 12.1 Å². The lowest BCUT2D eigenvalue weighted by molar-refractivity contribution is 0.625. The molecule has 0 fully saturated rings. The Kier molecular flexibility index (Phi) is 2.07. The Balaban J connectivity index is 3.19. The first kappa shape index (κ1) is 7.29. The van der Waals surface area contributed by atoms with Crippen LogP contribution >= 0.6 is 11.6 Å². The molecule has 2 heteroatoms. The van der Waals surface area contributed by atoms with Crippen molar-refractivity contribution in [2.24, 2.45) is 0 Å². The molecule has 0 nitrogen and oxygen atoms in total. The molecule has 0 amide bonds. The second-order valence-corrected chi connectivity index (χ2v) is 2.31. The van der Waals surface area contributed by atoms with Crippen LogP contribution in [0.25, 0.3) is 6.08 Å². The van der Waals surface area contributed by atoms with Gasteiger partial charge in [0, 0.05) is 10.6 Å². The van der Waals surface area contributed by atoms with Crippen LogP contribution in [0.1, 0.15) is 5.56 Å². The van der Waals surface area contributed by atoms with Crippen LogP contribution in [0.15, 0.2) is 24.8 Å². The molecule has 0 saturated carbocycles. The summed E-state index contributed by atoms with van der Waals surface area (Å²) in [6.45, 7) is 3.44. The highest BCUT2D eigenvalue weighted by Crippen LogP contribution is 2.14. The van der Waals surface area contributed by atoms with Gasteiger partial charge in [-0.3, -0.25) is 0 Å². The van der Waals surface area contributed by atoms with Crippen molar-refractivity contribution in [1.29, 1.82) is 0 Å². The summed E-state index contributed by atoms with van der Waals surface area (Å²) in [5, 5.41) is 0.406. The van der Waals surface area contributed by atoms with Crippen LogP contribution in [0.4, 0.5) is 4.39 Å². The topological polar surface area (TPSA) is 0 Å². The summed E-state index contributed by atoms with van der Waals surface area (Å²) in [6.07, 6.45) is 1.45. The van der Waals surface area contributed by atoms with E-state index >= 15 is 0 Å². The number of halogens is 2. The minimum Gasteiger partial charge on any atom is -0.206 e. The molecule has 0 bridgehead atoms. The standard InChI is InChI=1S/C8H6ClF/c1-2-6-3-4-7(9)5-8(6)10/h2-5H,1H2. The van der Waals surface area contributed by atoms with E-state index in [0.717, 1.165) is 0 Å². The van der Waals surface area contributed by atoms with Gasteiger partial charge in [0.05, 0.1) is 0 Å². The molecule has 0 aliphatic carbocycles. The third-order valence-corrected chi connectivity index (χ3v) is 1.42. The average molecular weight is 157 g/mol. The fourth-order valence-corrected chi connectivity index (χ4v) is 0.826. The Morgan fingerprint density at radius 3 is 2.70 bits per heavy atom. The van der Waals surface area contributed by atoms with Gasteiger partial charge in [-0.15, -0.1) is 0 Å². The third-order valence-electron chi connectivity index (χ3n) is 1.18. The monoisotopic (exact) mass is 156 g/mol. The normalized spacial score (nSPS) is 9.40. The van der Waals surface area contributed by atoms with Crippen LogP contribution < -0.4 is 0 Å². The van der Waals surface area contributed by atoms with E-state index in [0.29, 0.717) is 10.6 Å². The molecule has 0 aliphatic rings. The zero-order chi connectivity index (χ0) is 7.56. The Bertz CT molecular complexity index is 255. The van der Waals surface area contributed by atoms with Gasteiger partial charge in [-0.25, -0.2) is 4.39 Å². The average Bonchev–Trinajstić information content (AvgIpc) is 1.88. The third kappa shape index (κ3) is 1.36. The van der Waals surface area contributed by atoms with Gasteiger partial charge in [0.15, 0.2) is 0 Å². The van der Waals surface area contributed by atoms with Gasteiger partial charge in [0.2, 0.25) is 0 Å². The second-order valence-electron chi connectivity index (χ2n) is 1.87. The smallest absolute Gasteiger partial charge is 0.131 e. The summed E-state index contributed by atoms with van der Waals surface area (Å²) >= 11 is 5.50. The number of hydrogen-bond donors (Lipinski definition) is 0. The van der Waals surface area contributed by atoms with Gasteiger partial charge in [-0.2, -0.15) is 0 Å². The molecule has 0 aromatic heterocycles. The van der Waals surface area contributed by atoms with Crippen molar-refractivity contribution >= 4 is 17.7 Å². The zero-order valence-corrected chi connectivity index (χ0v) is 6.03. The van der Waals surface area contributed by atoms with Gasteiger partial charge in [0.25, 0.3) is 0 Å². The van der Waals surface area contributed by atoms with Crippen LogP contribution in [-0.2, 0) is 0 Å². The predicted octanol–water partition coefficient (Wildman–Crippen LogP) is 3.12. The fourth-order valence-electron chi connectivity index (χ4n) is 0.667. The first-order valence-corrected chi connectivity index (χ1v) is 3.19. The first-order chi connectivity index (χ1) is 4.74. The zero-order valence-electron chi connectivity index (χ0n) is 5.27. The predicted molar refractivity (Wildman–Crippen MR) is 41.5 cm³/mol. The van der Waals surface area contributed by atoms with E-state index in [1.165, 1.54) is 12.1 Å². The van der Waals surface area contributed by atoms with E-state index in [-0.39, 0.29) is 5.82 Å². The van der Waals surface area contributed by atoms with E-state index in [9.17, 15) is 4.39 Å². The molecule has 0 atom stereocenters. The molecule has 0 unspecified atom stereocenters. The number of benzene rings is 1. The molecule has 1 aromatic carbocycles. The Morgan fingerprint density at radius 1 is 1.50 bits per heavy atom. The lowest BCUT2D eigenvalue weighted by atomic mass is 10.2. The van der Waals surface area contributed by atoms with E-state index in [1.807, 2.05) is 0 Å². The molecule has 0 heterocycles. The van der Waals surface area contributed by atoms with Crippen molar-refractivity contribution in [3.8, 4) is 0 Å². The molecule has 52 valence electrons. The van der Waals surface area contributed by atoms with Crippen molar-refractivity contribution in [3.63, 3.8) is 0 Å². The lowest BCUT2D eigenvalue weighted by Crippen LogP contribution is -1.79. The first-order valence-electron chi connectivity index (χ1n) is 2.81. The van der Waals surface area contributed by atoms with Crippen LogP contribution in [-0.4, -0.2) is 0 Å². The number of hydrogen-bond acceptors (Lipinski definition) is 0. The maximum Gasteiger partial charge on any atom is 0.131 e. The molecular weight excluding hydrogens is 151 g/mol. The van der Waals surface area contributed by atoms with E-state index in [4.69, 9.17) is 11.6 Å². The van der Waals surface area contributed by atoms with E-state index in [2.05, 4.69) is 6.58 Å². The summed E-state index contributed by atoms with van der Waals surface area (Å²) in [5.41, 5.74) is 0.476.